The van der Waals surface area contributed by atoms with Gasteiger partial charge in [0.05, 0.1) is 6.54 Å². The summed E-state index contributed by atoms with van der Waals surface area (Å²) in [6, 6.07) is 14.0. The Balaban J connectivity index is 1.23. The smallest absolute Gasteiger partial charge is 0.273 e. The minimum absolute atomic E-state index is 0.0150. The van der Waals surface area contributed by atoms with Crippen LogP contribution in [0.3, 0.4) is 0 Å². The van der Waals surface area contributed by atoms with Crippen molar-refractivity contribution in [3.63, 3.8) is 0 Å². The minimum Gasteiger partial charge on any atom is -0.370 e. The molecule has 0 spiro atoms. The van der Waals surface area contributed by atoms with Crippen LogP contribution < -0.4 is 10.2 Å². The molecular formula is C30H37N5O2S. The fraction of sp³-hybridized carbons (Fsp3) is 0.467. The predicted molar refractivity (Wildman–Crippen MR) is 152 cm³/mol. The lowest BCUT2D eigenvalue weighted by Crippen LogP contribution is -2.40. The Bertz CT molecular complexity index is 1260. The Morgan fingerprint density at radius 3 is 2.58 bits per heavy atom. The first kappa shape index (κ1) is 26.4. The molecule has 4 heterocycles. The quantitative estimate of drug-likeness (QED) is 0.445. The van der Waals surface area contributed by atoms with E-state index in [4.69, 9.17) is 4.98 Å². The molecule has 1 fully saturated rings. The van der Waals surface area contributed by atoms with Gasteiger partial charge in [-0.05, 0) is 60.8 Å². The first-order valence-corrected chi connectivity index (χ1v) is 14.5. The molecule has 2 aliphatic rings. The summed E-state index contributed by atoms with van der Waals surface area (Å²) in [5, 5.41) is 6.04. The maximum atomic E-state index is 13.7. The number of piperidine rings is 1. The molecule has 0 radical (unpaired) electrons. The van der Waals surface area contributed by atoms with Gasteiger partial charge in [0.2, 0.25) is 5.91 Å². The number of likely N-dealkylation sites (tertiary alicyclic amines) is 1. The molecule has 1 unspecified atom stereocenters. The van der Waals surface area contributed by atoms with Crippen molar-refractivity contribution in [1.29, 1.82) is 0 Å². The Kier molecular flexibility index (Phi) is 7.79. The van der Waals surface area contributed by atoms with E-state index in [1.165, 1.54) is 16.9 Å². The molecule has 2 amide bonds. The lowest BCUT2D eigenvalue weighted by atomic mass is 9.77. The summed E-state index contributed by atoms with van der Waals surface area (Å²) in [5.74, 6) is 1.47. The molecule has 2 aliphatic heterocycles. The van der Waals surface area contributed by atoms with Crippen molar-refractivity contribution in [3.8, 4) is 0 Å². The third kappa shape index (κ3) is 5.90. The summed E-state index contributed by atoms with van der Waals surface area (Å²) in [4.78, 5) is 39.8. The summed E-state index contributed by atoms with van der Waals surface area (Å²) in [6.45, 7) is 9.13. The first-order chi connectivity index (χ1) is 18.3. The molecular weight excluding hydrogens is 494 g/mol. The van der Waals surface area contributed by atoms with Crippen LogP contribution in [0.15, 0.2) is 54.0 Å². The monoisotopic (exact) mass is 531 g/mol. The van der Waals surface area contributed by atoms with Gasteiger partial charge in [-0.1, -0.05) is 45.0 Å². The standard InChI is InChI=1S/C30H37N5O2S/c1-30(2,3)23-12-11-22-8-4-5-9-25(22)35(28(23)36)19-27-33-24(20-38-27)29(37)34-16-13-21(14-17-34)18-32-26-10-6-7-15-31-26/h4-10,15,20-21,23H,11-14,16-19H2,1-3H3,(H,31,32). The van der Waals surface area contributed by atoms with E-state index in [-0.39, 0.29) is 23.1 Å². The Morgan fingerprint density at radius 2 is 1.84 bits per heavy atom. The highest BCUT2D eigenvalue weighted by Gasteiger charge is 2.38. The van der Waals surface area contributed by atoms with E-state index < -0.39 is 0 Å². The number of anilines is 2. The number of aromatic nitrogens is 2. The van der Waals surface area contributed by atoms with Crippen LogP contribution in [0.2, 0.25) is 0 Å². The van der Waals surface area contributed by atoms with Gasteiger partial charge in [-0.2, -0.15) is 0 Å². The number of pyridine rings is 1. The fourth-order valence-corrected chi connectivity index (χ4v) is 6.27. The van der Waals surface area contributed by atoms with Crippen LogP contribution in [0.1, 0.15) is 61.1 Å². The molecule has 0 saturated carbocycles. The van der Waals surface area contributed by atoms with Crippen molar-refractivity contribution < 1.29 is 9.59 Å². The average molecular weight is 532 g/mol. The number of hydrogen-bond donors (Lipinski definition) is 1. The number of carbonyl (C=O) groups excluding carboxylic acids is 2. The zero-order valence-electron chi connectivity index (χ0n) is 22.5. The Hall–Kier alpha value is -3.26. The number of amides is 2. The van der Waals surface area contributed by atoms with E-state index in [1.54, 1.807) is 6.20 Å². The van der Waals surface area contributed by atoms with Crippen LogP contribution in [-0.2, 0) is 17.8 Å². The average Bonchev–Trinajstić information content (AvgIpc) is 3.34. The van der Waals surface area contributed by atoms with E-state index >= 15 is 0 Å². The van der Waals surface area contributed by atoms with Gasteiger partial charge in [-0.15, -0.1) is 11.3 Å². The molecule has 2 aromatic heterocycles. The number of hydrogen-bond acceptors (Lipinski definition) is 6. The predicted octanol–water partition coefficient (Wildman–Crippen LogP) is 5.64. The van der Waals surface area contributed by atoms with Crippen LogP contribution in [-0.4, -0.2) is 46.3 Å². The normalized spacial score (nSPS) is 18.7. The largest absolute Gasteiger partial charge is 0.370 e. The zero-order valence-corrected chi connectivity index (χ0v) is 23.3. The van der Waals surface area contributed by atoms with Gasteiger partial charge >= 0.3 is 0 Å². The van der Waals surface area contributed by atoms with Crippen LogP contribution in [0, 0.1) is 17.3 Å². The first-order valence-electron chi connectivity index (χ1n) is 13.6. The number of carbonyl (C=O) groups is 2. The van der Waals surface area contributed by atoms with Crippen LogP contribution >= 0.6 is 11.3 Å². The molecule has 5 rings (SSSR count). The number of thiazole rings is 1. The molecule has 7 nitrogen and oxygen atoms in total. The summed E-state index contributed by atoms with van der Waals surface area (Å²) in [5.41, 5.74) is 2.52. The summed E-state index contributed by atoms with van der Waals surface area (Å²) in [6.07, 6.45) is 5.42. The number of rotatable bonds is 6. The Morgan fingerprint density at radius 1 is 1.08 bits per heavy atom. The molecule has 0 aliphatic carbocycles. The summed E-state index contributed by atoms with van der Waals surface area (Å²) < 4.78 is 0. The fourth-order valence-electron chi connectivity index (χ4n) is 5.52. The molecule has 1 N–H and O–H groups in total. The third-order valence-corrected chi connectivity index (χ3v) is 8.63. The molecule has 3 aromatic rings. The van der Waals surface area contributed by atoms with E-state index in [0.29, 0.717) is 18.2 Å². The molecule has 1 saturated heterocycles. The van der Waals surface area contributed by atoms with E-state index in [2.05, 4.69) is 37.1 Å². The molecule has 38 heavy (non-hydrogen) atoms. The van der Waals surface area contributed by atoms with Crippen LogP contribution in [0.25, 0.3) is 0 Å². The van der Waals surface area contributed by atoms with Crippen molar-refractivity contribution in [2.75, 3.05) is 29.9 Å². The minimum atomic E-state index is -0.124. The lowest BCUT2D eigenvalue weighted by Gasteiger charge is -2.32. The molecule has 8 heteroatoms. The molecule has 1 aromatic carbocycles. The number of para-hydroxylation sites is 1. The highest BCUT2D eigenvalue weighted by atomic mass is 32.1. The number of fused-ring (bicyclic) bond motifs is 1. The van der Waals surface area contributed by atoms with Crippen LogP contribution in [0.4, 0.5) is 11.5 Å². The van der Waals surface area contributed by atoms with Gasteiger partial charge in [-0.3, -0.25) is 9.59 Å². The van der Waals surface area contributed by atoms with Crippen molar-refractivity contribution in [2.24, 2.45) is 17.3 Å². The number of nitrogens with zero attached hydrogens (tertiary/aromatic N) is 4. The van der Waals surface area contributed by atoms with Crippen molar-refractivity contribution in [1.82, 2.24) is 14.9 Å². The zero-order chi connectivity index (χ0) is 26.7. The van der Waals surface area contributed by atoms with E-state index in [0.717, 1.165) is 61.8 Å². The van der Waals surface area contributed by atoms with E-state index in [9.17, 15) is 9.59 Å². The third-order valence-electron chi connectivity index (χ3n) is 7.80. The van der Waals surface area contributed by atoms with Crippen molar-refractivity contribution >= 4 is 34.7 Å². The number of benzene rings is 1. The number of aryl methyl sites for hydroxylation is 1. The summed E-state index contributed by atoms with van der Waals surface area (Å²) >= 11 is 1.46. The topological polar surface area (TPSA) is 78.4 Å². The second-order valence-electron chi connectivity index (χ2n) is 11.5. The molecule has 0 bridgehead atoms. The van der Waals surface area contributed by atoms with Crippen molar-refractivity contribution in [3.05, 3.63) is 70.3 Å². The Labute approximate surface area is 229 Å². The number of nitrogens with one attached hydrogen (secondary N) is 1. The molecule has 200 valence electrons. The van der Waals surface area contributed by atoms with Crippen LogP contribution in [0.5, 0.6) is 0 Å². The van der Waals surface area contributed by atoms with Gasteiger partial charge in [0.15, 0.2) is 0 Å². The van der Waals surface area contributed by atoms with Gasteiger partial charge < -0.3 is 15.1 Å². The maximum Gasteiger partial charge on any atom is 0.273 e. The maximum absolute atomic E-state index is 13.7. The highest BCUT2D eigenvalue weighted by Crippen LogP contribution is 2.38. The van der Waals surface area contributed by atoms with Crippen molar-refractivity contribution in [2.45, 2.75) is 53.0 Å². The van der Waals surface area contributed by atoms with Gasteiger partial charge in [0.1, 0.15) is 16.5 Å². The van der Waals surface area contributed by atoms with E-state index in [1.807, 2.05) is 51.6 Å². The lowest BCUT2D eigenvalue weighted by molar-refractivity contribution is -0.125. The molecule has 1 atom stereocenters. The second kappa shape index (κ2) is 11.2. The van der Waals surface area contributed by atoms with Gasteiger partial charge in [0, 0.05) is 42.8 Å². The summed E-state index contributed by atoms with van der Waals surface area (Å²) in [7, 11) is 0. The second-order valence-corrected chi connectivity index (χ2v) is 12.4. The van der Waals surface area contributed by atoms with Gasteiger partial charge in [0.25, 0.3) is 5.91 Å². The highest BCUT2D eigenvalue weighted by molar-refractivity contribution is 7.09. The SMILES string of the molecule is CC(C)(C)C1CCc2ccccc2N(Cc2nc(C(=O)N3CCC(CNc4ccccn4)CC3)cs2)C1=O. The van der Waals surface area contributed by atoms with Gasteiger partial charge in [-0.25, -0.2) is 9.97 Å².